The lowest BCUT2D eigenvalue weighted by molar-refractivity contribution is -0.117. The first-order valence-electron chi connectivity index (χ1n) is 7.85. The number of carbonyl (C=O) groups excluding carboxylic acids is 1. The molecule has 0 saturated carbocycles. The minimum atomic E-state index is 0.0352. The maximum Gasteiger partial charge on any atom is 0.247 e. The second-order valence-electron chi connectivity index (χ2n) is 5.29. The Bertz CT molecular complexity index is 468. The second-order valence-corrected chi connectivity index (χ2v) is 5.73. The molecule has 116 valence electrons. The van der Waals surface area contributed by atoms with Crippen LogP contribution in [0.5, 0.6) is 0 Å². The minimum Gasteiger partial charge on any atom is -0.348 e. The molecule has 0 bridgehead atoms. The highest BCUT2D eigenvalue weighted by Crippen LogP contribution is 2.13. The number of amides is 1. The third-order valence-corrected chi connectivity index (χ3v) is 3.77. The van der Waals surface area contributed by atoms with Crippen LogP contribution < -0.4 is 5.32 Å². The number of rotatable bonds is 9. The lowest BCUT2D eigenvalue weighted by Gasteiger charge is -2.09. The molecule has 1 amide bonds. The Morgan fingerprint density at radius 3 is 2.67 bits per heavy atom. The normalized spacial score (nSPS) is 11.5. The van der Waals surface area contributed by atoms with Crippen LogP contribution in [0.2, 0.25) is 5.02 Å². The summed E-state index contributed by atoms with van der Waals surface area (Å²) in [4.78, 5) is 12.1. The van der Waals surface area contributed by atoms with Crippen molar-refractivity contribution in [2.45, 2.75) is 58.9 Å². The van der Waals surface area contributed by atoms with Crippen molar-refractivity contribution in [3.05, 3.63) is 46.5 Å². The summed E-state index contributed by atoms with van der Waals surface area (Å²) in [6.45, 7) is 4.66. The topological polar surface area (TPSA) is 29.1 Å². The van der Waals surface area contributed by atoms with Gasteiger partial charge in [0.15, 0.2) is 0 Å². The van der Waals surface area contributed by atoms with Crippen LogP contribution in [-0.4, -0.2) is 5.91 Å². The molecule has 1 aromatic carbocycles. The van der Waals surface area contributed by atoms with Crippen LogP contribution in [0.4, 0.5) is 0 Å². The zero-order valence-electron chi connectivity index (χ0n) is 13.1. The predicted octanol–water partition coefficient (Wildman–Crippen LogP) is 5.26. The molecular weight excluding hydrogens is 282 g/mol. The van der Waals surface area contributed by atoms with Gasteiger partial charge in [-0.05, 0) is 37.5 Å². The van der Waals surface area contributed by atoms with Gasteiger partial charge in [0, 0.05) is 17.1 Å². The van der Waals surface area contributed by atoms with Crippen LogP contribution in [0.15, 0.2) is 35.9 Å². The van der Waals surface area contributed by atoms with Crippen LogP contribution in [-0.2, 0) is 11.3 Å². The van der Waals surface area contributed by atoms with Gasteiger partial charge in [-0.15, -0.1) is 0 Å². The van der Waals surface area contributed by atoms with E-state index in [-0.39, 0.29) is 5.91 Å². The lowest BCUT2D eigenvalue weighted by Crippen LogP contribution is -2.24. The second kappa shape index (κ2) is 10.4. The summed E-state index contributed by atoms with van der Waals surface area (Å²) in [5.41, 5.74) is 1.91. The maximum atomic E-state index is 12.1. The SMILES string of the molecule is CC=C(CCCCCCC)C(=O)NCc1cccc(Cl)c1. The van der Waals surface area contributed by atoms with E-state index < -0.39 is 0 Å². The molecule has 21 heavy (non-hydrogen) atoms. The molecule has 0 radical (unpaired) electrons. The van der Waals surface area contributed by atoms with E-state index in [2.05, 4.69) is 12.2 Å². The summed E-state index contributed by atoms with van der Waals surface area (Å²) in [7, 11) is 0. The number of benzene rings is 1. The maximum absolute atomic E-state index is 12.1. The largest absolute Gasteiger partial charge is 0.348 e. The van der Waals surface area contributed by atoms with Crippen molar-refractivity contribution in [1.29, 1.82) is 0 Å². The monoisotopic (exact) mass is 307 g/mol. The third kappa shape index (κ3) is 7.33. The van der Waals surface area contributed by atoms with E-state index in [1.165, 1.54) is 25.7 Å². The number of carbonyl (C=O) groups is 1. The number of nitrogens with one attached hydrogen (secondary N) is 1. The summed E-state index contributed by atoms with van der Waals surface area (Å²) in [5.74, 6) is 0.0352. The Morgan fingerprint density at radius 2 is 2.00 bits per heavy atom. The average molecular weight is 308 g/mol. The molecule has 0 spiro atoms. The van der Waals surface area contributed by atoms with Gasteiger partial charge in [-0.1, -0.05) is 62.4 Å². The molecule has 0 aromatic heterocycles. The standard InChI is InChI=1S/C18H26ClNO/c1-3-5-6-7-8-11-16(4-2)18(21)20-14-15-10-9-12-17(19)13-15/h4,9-10,12-13H,3,5-8,11,14H2,1-2H3,(H,20,21). The van der Waals surface area contributed by atoms with Gasteiger partial charge in [0.1, 0.15) is 0 Å². The summed E-state index contributed by atoms with van der Waals surface area (Å²) in [6.07, 6.45) is 8.87. The van der Waals surface area contributed by atoms with Crippen molar-refractivity contribution in [2.24, 2.45) is 0 Å². The molecule has 1 rings (SSSR count). The first kappa shape index (κ1) is 17.8. The summed E-state index contributed by atoms with van der Waals surface area (Å²) < 4.78 is 0. The van der Waals surface area contributed by atoms with Gasteiger partial charge in [-0.25, -0.2) is 0 Å². The van der Waals surface area contributed by atoms with E-state index >= 15 is 0 Å². The molecule has 1 N–H and O–H groups in total. The Labute approximate surface area is 133 Å². The van der Waals surface area contributed by atoms with E-state index in [1.807, 2.05) is 37.3 Å². The van der Waals surface area contributed by atoms with Crippen molar-refractivity contribution in [1.82, 2.24) is 5.32 Å². The Balaban J connectivity index is 2.34. The minimum absolute atomic E-state index is 0.0352. The molecule has 3 heteroatoms. The fraction of sp³-hybridized carbons (Fsp3) is 0.500. The highest BCUT2D eigenvalue weighted by atomic mass is 35.5. The van der Waals surface area contributed by atoms with E-state index in [9.17, 15) is 4.79 Å². The molecular formula is C18H26ClNO. The molecule has 2 nitrogen and oxygen atoms in total. The number of halogens is 1. The Kier molecular flexibility index (Phi) is 8.84. The van der Waals surface area contributed by atoms with Crippen molar-refractivity contribution in [2.75, 3.05) is 0 Å². The fourth-order valence-corrected chi connectivity index (χ4v) is 2.46. The van der Waals surface area contributed by atoms with Gasteiger partial charge in [-0.2, -0.15) is 0 Å². The number of hydrogen-bond acceptors (Lipinski definition) is 1. The molecule has 0 aliphatic rings. The van der Waals surface area contributed by atoms with Gasteiger partial charge in [0.05, 0.1) is 0 Å². The first-order chi connectivity index (χ1) is 10.2. The van der Waals surface area contributed by atoms with Crippen molar-refractivity contribution in [3.63, 3.8) is 0 Å². The van der Waals surface area contributed by atoms with E-state index in [1.54, 1.807) is 0 Å². The van der Waals surface area contributed by atoms with Crippen LogP contribution in [0.25, 0.3) is 0 Å². The van der Waals surface area contributed by atoms with Crippen LogP contribution >= 0.6 is 11.6 Å². The highest BCUT2D eigenvalue weighted by Gasteiger charge is 2.08. The van der Waals surface area contributed by atoms with Crippen molar-refractivity contribution >= 4 is 17.5 Å². The van der Waals surface area contributed by atoms with Crippen molar-refractivity contribution < 1.29 is 4.79 Å². The smallest absolute Gasteiger partial charge is 0.247 e. The first-order valence-corrected chi connectivity index (χ1v) is 8.23. The van der Waals surface area contributed by atoms with Gasteiger partial charge < -0.3 is 5.32 Å². The Morgan fingerprint density at radius 1 is 1.24 bits per heavy atom. The molecule has 0 heterocycles. The molecule has 0 unspecified atom stereocenters. The van der Waals surface area contributed by atoms with Gasteiger partial charge >= 0.3 is 0 Å². The quantitative estimate of drug-likeness (QED) is 0.489. The molecule has 0 atom stereocenters. The number of hydrogen-bond donors (Lipinski definition) is 1. The molecule has 0 saturated heterocycles. The number of allylic oxidation sites excluding steroid dienone is 1. The third-order valence-electron chi connectivity index (χ3n) is 3.53. The molecule has 1 aromatic rings. The number of unbranched alkanes of at least 4 members (excludes halogenated alkanes) is 4. The zero-order valence-corrected chi connectivity index (χ0v) is 13.9. The van der Waals surface area contributed by atoms with Crippen molar-refractivity contribution in [3.8, 4) is 0 Å². The summed E-state index contributed by atoms with van der Waals surface area (Å²) >= 11 is 5.94. The summed E-state index contributed by atoms with van der Waals surface area (Å²) in [6, 6.07) is 7.57. The van der Waals surface area contributed by atoms with E-state index in [4.69, 9.17) is 11.6 Å². The van der Waals surface area contributed by atoms with Crippen LogP contribution in [0, 0.1) is 0 Å². The zero-order chi connectivity index (χ0) is 15.5. The van der Waals surface area contributed by atoms with E-state index in [0.29, 0.717) is 11.6 Å². The van der Waals surface area contributed by atoms with Crippen LogP contribution in [0.1, 0.15) is 57.9 Å². The summed E-state index contributed by atoms with van der Waals surface area (Å²) in [5, 5.41) is 3.66. The highest BCUT2D eigenvalue weighted by molar-refractivity contribution is 6.30. The molecule has 0 aliphatic carbocycles. The molecule has 0 fully saturated rings. The predicted molar refractivity (Wildman–Crippen MR) is 90.4 cm³/mol. The Hall–Kier alpha value is -1.28. The van der Waals surface area contributed by atoms with Gasteiger partial charge in [0.2, 0.25) is 5.91 Å². The van der Waals surface area contributed by atoms with Gasteiger partial charge in [0.25, 0.3) is 0 Å². The van der Waals surface area contributed by atoms with E-state index in [0.717, 1.165) is 24.0 Å². The van der Waals surface area contributed by atoms with Gasteiger partial charge in [-0.3, -0.25) is 4.79 Å². The average Bonchev–Trinajstić information content (AvgIpc) is 2.48. The lowest BCUT2D eigenvalue weighted by atomic mass is 10.0. The molecule has 0 aliphatic heterocycles. The fourth-order valence-electron chi connectivity index (χ4n) is 2.25. The van der Waals surface area contributed by atoms with Crippen LogP contribution in [0.3, 0.4) is 0 Å².